The van der Waals surface area contributed by atoms with Gasteiger partial charge in [-0.1, -0.05) is 23.7 Å². The summed E-state index contributed by atoms with van der Waals surface area (Å²) >= 11 is 5.63. The molecule has 0 aliphatic heterocycles. The number of nitriles is 2. The highest BCUT2D eigenvalue weighted by Gasteiger charge is 2.01. The van der Waals surface area contributed by atoms with E-state index in [4.69, 9.17) is 26.9 Å². The van der Waals surface area contributed by atoms with Gasteiger partial charge >= 0.3 is 0 Å². The lowest BCUT2D eigenvalue weighted by atomic mass is 10.1. The molecule has 0 fully saturated rings. The van der Waals surface area contributed by atoms with Gasteiger partial charge in [-0.3, -0.25) is 0 Å². The highest BCUT2D eigenvalue weighted by Crippen LogP contribution is 2.21. The van der Waals surface area contributed by atoms with E-state index in [1.807, 2.05) is 0 Å². The van der Waals surface area contributed by atoms with Crippen LogP contribution in [-0.2, 0) is 0 Å². The van der Waals surface area contributed by atoms with Gasteiger partial charge in [-0.05, 0) is 29.8 Å². The fourth-order valence-corrected chi connectivity index (χ4v) is 1.50. The number of aromatic nitrogens is 2. The van der Waals surface area contributed by atoms with Crippen LogP contribution < -0.4 is 4.74 Å². The van der Waals surface area contributed by atoms with Crippen LogP contribution in [0.15, 0.2) is 42.0 Å². The lowest BCUT2D eigenvalue weighted by Crippen LogP contribution is -1.90. The Hall–Kier alpha value is -2.89. The Morgan fingerprint density at radius 2 is 1.95 bits per heavy atom. The standard InChI is InChI=1S/C14H7ClN4O/c15-13-4-5-14(19-18-13)20-12-3-1-2-10(7-12)6-11(8-16)9-17/h1-7H. The summed E-state index contributed by atoms with van der Waals surface area (Å²) < 4.78 is 5.50. The Balaban J connectivity index is 2.23. The molecule has 0 saturated carbocycles. The minimum atomic E-state index is 0.0217. The Labute approximate surface area is 120 Å². The number of allylic oxidation sites excluding steroid dienone is 1. The third-order valence-electron chi connectivity index (χ3n) is 2.24. The molecule has 0 amide bonds. The maximum atomic E-state index is 8.72. The molecule has 0 unspecified atom stereocenters. The van der Waals surface area contributed by atoms with Crippen LogP contribution >= 0.6 is 11.6 Å². The van der Waals surface area contributed by atoms with Gasteiger partial charge in [0, 0.05) is 6.07 Å². The van der Waals surface area contributed by atoms with E-state index in [0.29, 0.717) is 17.2 Å². The van der Waals surface area contributed by atoms with E-state index in [0.717, 1.165) is 0 Å². The number of hydrogen-bond donors (Lipinski definition) is 0. The summed E-state index contributed by atoms with van der Waals surface area (Å²) in [6, 6.07) is 13.7. The molecule has 0 atom stereocenters. The van der Waals surface area contributed by atoms with Gasteiger partial charge in [0.1, 0.15) is 23.5 Å². The molecule has 0 radical (unpaired) electrons. The summed E-state index contributed by atoms with van der Waals surface area (Å²) in [5.74, 6) is 0.821. The van der Waals surface area contributed by atoms with Crippen LogP contribution in [0, 0.1) is 22.7 Å². The van der Waals surface area contributed by atoms with Gasteiger partial charge in [0.2, 0.25) is 5.88 Å². The van der Waals surface area contributed by atoms with Crippen LogP contribution in [0.1, 0.15) is 5.56 Å². The average Bonchev–Trinajstić information content (AvgIpc) is 2.47. The molecule has 0 aliphatic rings. The fraction of sp³-hybridized carbons (Fsp3) is 0. The molecule has 1 aromatic heterocycles. The minimum absolute atomic E-state index is 0.0217. The van der Waals surface area contributed by atoms with E-state index < -0.39 is 0 Å². The average molecular weight is 283 g/mol. The zero-order valence-corrected chi connectivity index (χ0v) is 10.9. The van der Waals surface area contributed by atoms with Gasteiger partial charge < -0.3 is 4.74 Å². The number of hydrogen-bond acceptors (Lipinski definition) is 5. The van der Waals surface area contributed by atoms with Gasteiger partial charge in [0.15, 0.2) is 5.15 Å². The summed E-state index contributed by atoms with van der Waals surface area (Å²) in [5.41, 5.74) is 0.705. The highest BCUT2D eigenvalue weighted by atomic mass is 35.5. The number of nitrogens with zero attached hydrogens (tertiary/aromatic N) is 4. The van der Waals surface area contributed by atoms with Gasteiger partial charge in [-0.15, -0.1) is 10.2 Å². The lowest BCUT2D eigenvalue weighted by Gasteiger charge is -2.04. The van der Waals surface area contributed by atoms with Gasteiger partial charge in [-0.2, -0.15) is 10.5 Å². The molecule has 0 N–H and O–H groups in total. The van der Waals surface area contributed by atoms with Crippen LogP contribution in [0.2, 0.25) is 5.15 Å². The van der Waals surface area contributed by atoms with Gasteiger partial charge in [0.25, 0.3) is 0 Å². The van der Waals surface area contributed by atoms with Crippen LogP contribution in [0.3, 0.4) is 0 Å². The van der Waals surface area contributed by atoms with Gasteiger partial charge in [0.05, 0.1) is 0 Å². The van der Waals surface area contributed by atoms with Crippen molar-refractivity contribution in [2.24, 2.45) is 0 Å². The van der Waals surface area contributed by atoms with Crippen LogP contribution in [-0.4, -0.2) is 10.2 Å². The molecule has 0 aliphatic carbocycles. The summed E-state index contributed by atoms with van der Waals surface area (Å²) in [6.07, 6.45) is 1.47. The van der Waals surface area contributed by atoms with E-state index in [1.54, 1.807) is 48.5 Å². The fourth-order valence-electron chi connectivity index (χ4n) is 1.40. The monoisotopic (exact) mass is 282 g/mol. The molecule has 5 nitrogen and oxygen atoms in total. The smallest absolute Gasteiger partial charge is 0.238 e. The number of ether oxygens (including phenoxy) is 1. The third-order valence-corrected chi connectivity index (χ3v) is 2.44. The van der Waals surface area contributed by atoms with Crippen molar-refractivity contribution in [3.63, 3.8) is 0 Å². The molecular formula is C14H7ClN4O. The van der Waals surface area contributed by atoms with E-state index >= 15 is 0 Å². The summed E-state index contributed by atoms with van der Waals surface area (Å²) in [7, 11) is 0. The van der Waals surface area contributed by atoms with Crippen molar-refractivity contribution < 1.29 is 4.74 Å². The lowest BCUT2D eigenvalue weighted by molar-refractivity contribution is 0.455. The second kappa shape index (κ2) is 6.33. The van der Waals surface area contributed by atoms with Crippen LogP contribution in [0.5, 0.6) is 11.6 Å². The summed E-state index contributed by atoms with van der Waals surface area (Å²) in [6.45, 7) is 0. The van der Waals surface area contributed by atoms with Crippen molar-refractivity contribution in [2.75, 3.05) is 0 Å². The van der Waals surface area contributed by atoms with Crippen molar-refractivity contribution in [3.05, 3.63) is 52.7 Å². The summed E-state index contributed by atoms with van der Waals surface area (Å²) in [5, 5.41) is 25.1. The summed E-state index contributed by atoms with van der Waals surface area (Å²) in [4.78, 5) is 0. The third kappa shape index (κ3) is 3.55. The number of benzene rings is 1. The predicted molar refractivity (Wildman–Crippen MR) is 72.8 cm³/mol. The molecular weight excluding hydrogens is 276 g/mol. The second-order valence-corrected chi connectivity index (χ2v) is 4.04. The van der Waals surface area contributed by atoms with Crippen molar-refractivity contribution in [1.29, 1.82) is 10.5 Å². The van der Waals surface area contributed by atoms with Crippen molar-refractivity contribution in [3.8, 4) is 23.8 Å². The quantitative estimate of drug-likeness (QED) is 0.806. The Morgan fingerprint density at radius 3 is 2.60 bits per heavy atom. The normalized spacial score (nSPS) is 9.15. The molecule has 0 saturated heterocycles. The Bertz CT molecular complexity index is 710. The van der Waals surface area contributed by atoms with Crippen molar-refractivity contribution >= 4 is 17.7 Å². The maximum Gasteiger partial charge on any atom is 0.238 e. The largest absolute Gasteiger partial charge is 0.438 e. The first-order valence-corrected chi connectivity index (χ1v) is 5.88. The molecule has 1 heterocycles. The van der Waals surface area contributed by atoms with E-state index in [2.05, 4.69) is 10.2 Å². The van der Waals surface area contributed by atoms with Crippen LogP contribution in [0.25, 0.3) is 6.08 Å². The molecule has 6 heteroatoms. The topological polar surface area (TPSA) is 82.6 Å². The molecule has 0 bridgehead atoms. The first-order valence-electron chi connectivity index (χ1n) is 5.50. The Kier molecular flexibility index (Phi) is 4.28. The molecule has 2 aromatic rings. The van der Waals surface area contributed by atoms with E-state index in [1.165, 1.54) is 6.08 Å². The predicted octanol–water partition coefficient (Wildman–Crippen LogP) is 3.35. The van der Waals surface area contributed by atoms with E-state index in [9.17, 15) is 0 Å². The van der Waals surface area contributed by atoms with E-state index in [-0.39, 0.29) is 10.7 Å². The van der Waals surface area contributed by atoms with Crippen LogP contribution in [0.4, 0.5) is 0 Å². The molecule has 2 rings (SSSR count). The number of rotatable bonds is 3. The number of halogens is 1. The van der Waals surface area contributed by atoms with Gasteiger partial charge in [-0.25, -0.2) is 0 Å². The first-order chi connectivity index (χ1) is 9.71. The molecule has 0 spiro atoms. The minimum Gasteiger partial charge on any atom is -0.438 e. The molecule has 96 valence electrons. The highest BCUT2D eigenvalue weighted by molar-refractivity contribution is 6.29. The second-order valence-electron chi connectivity index (χ2n) is 3.65. The first kappa shape index (κ1) is 13.5. The van der Waals surface area contributed by atoms with Crippen molar-refractivity contribution in [1.82, 2.24) is 10.2 Å². The zero-order chi connectivity index (χ0) is 14.4. The molecule has 1 aromatic carbocycles. The molecule has 20 heavy (non-hydrogen) atoms. The van der Waals surface area contributed by atoms with Crippen molar-refractivity contribution in [2.45, 2.75) is 0 Å². The SMILES string of the molecule is N#CC(C#N)=Cc1cccc(Oc2ccc(Cl)nn2)c1. The zero-order valence-electron chi connectivity index (χ0n) is 10.1. The maximum absolute atomic E-state index is 8.72. The Morgan fingerprint density at radius 1 is 1.15 bits per heavy atom.